The van der Waals surface area contributed by atoms with Crippen LogP contribution in [0.25, 0.3) is 88.0 Å². The fourth-order valence-electron chi connectivity index (χ4n) is 8.74. The number of fused-ring (bicyclic) bond motifs is 6. The van der Waals surface area contributed by atoms with Crippen molar-refractivity contribution < 1.29 is 4.42 Å². The van der Waals surface area contributed by atoms with Gasteiger partial charge in [0.1, 0.15) is 11.2 Å². The van der Waals surface area contributed by atoms with Gasteiger partial charge in [0.25, 0.3) is 0 Å². The minimum Gasteiger partial charge on any atom is -0.455 e. The van der Waals surface area contributed by atoms with Gasteiger partial charge in [0, 0.05) is 22.0 Å². The summed E-state index contributed by atoms with van der Waals surface area (Å²) in [5.74, 6) is 0. The van der Waals surface area contributed by atoms with Crippen molar-refractivity contribution in [1.82, 2.24) is 0 Å². The van der Waals surface area contributed by atoms with Crippen LogP contribution in [0, 0.1) is 0 Å². The molecule has 2 nitrogen and oxygen atoms in total. The van der Waals surface area contributed by atoms with E-state index in [9.17, 15) is 0 Å². The maximum absolute atomic E-state index is 6.95. The zero-order valence-electron chi connectivity index (χ0n) is 31.7. The summed E-state index contributed by atoms with van der Waals surface area (Å²) in [5, 5.41) is 6.80. The van der Waals surface area contributed by atoms with E-state index >= 15 is 0 Å². The summed E-state index contributed by atoms with van der Waals surface area (Å²) < 4.78 is 6.95. The van der Waals surface area contributed by atoms with Crippen LogP contribution in [0.5, 0.6) is 0 Å². The van der Waals surface area contributed by atoms with Gasteiger partial charge in [-0.15, -0.1) is 0 Å². The Balaban J connectivity index is 1.18. The topological polar surface area (TPSA) is 16.4 Å². The van der Waals surface area contributed by atoms with Gasteiger partial charge in [-0.2, -0.15) is 0 Å². The Morgan fingerprint density at radius 3 is 1.67 bits per heavy atom. The maximum atomic E-state index is 6.95. The smallest absolute Gasteiger partial charge is 0.143 e. The number of hydrogen-bond acceptors (Lipinski definition) is 2. The van der Waals surface area contributed by atoms with E-state index in [0.717, 1.165) is 60.9 Å². The van der Waals surface area contributed by atoms with Gasteiger partial charge in [-0.3, -0.25) is 0 Å². The van der Waals surface area contributed by atoms with E-state index in [1.165, 1.54) is 44.2 Å². The Labute approximate surface area is 337 Å². The van der Waals surface area contributed by atoms with E-state index in [4.69, 9.17) is 4.42 Å². The molecule has 0 bridgehead atoms. The number of para-hydroxylation sites is 1. The SMILES string of the molecule is c1ccc(-c2ccc(-c3ccccc3N(c3ccc4ccccc4c3)c3cccc4oc5c6ccccc6c(-c6ccccc6-c6ccccc6)cc5c34)cc2)cc1. The van der Waals surface area contributed by atoms with Gasteiger partial charge in [-0.05, 0) is 91.5 Å². The highest BCUT2D eigenvalue weighted by Crippen LogP contribution is 2.49. The highest BCUT2D eigenvalue weighted by atomic mass is 16.3. The van der Waals surface area contributed by atoms with Crippen molar-refractivity contribution in [1.29, 1.82) is 0 Å². The molecule has 0 saturated heterocycles. The third-order valence-electron chi connectivity index (χ3n) is 11.5. The quantitative estimate of drug-likeness (QED) is 0.162. The largest absolute Gasteiger partial charge is 0.455 e. The lowest BCUT2D eigenvalue weighted by atomic mass is 9.90. The summed E-state index contributed by atoms with van der Waals surface area (Å²) in [7, 11) is 0. The molecule has 0 amide bonds. The first-order valence-electron chi connectivity index (χ1n) is 19.8. The Bertz CT molecular complexity index is 3270. The fourth-order valence-corrected chi connectivity index (χ4v) is 8.74. The van der Waals surface area contributed by atoms with Gasteiger partial charge in [0.15, 0.2) is 0 Å². The lowest BCUT2D eigenvalue weighted by molar-refractivity contribution is 0.672. The van der Waals surface area contributed by atoms with Gasteiger partial charge >= 0.3 is 0 Å². The number of anilines is 3. The summed E-state index contributed by atoms with van der Waals surface area (Å²) in [6, 6.07) is 80.6. The van der Waals surface area contributed by atoms with Crippen LogP contribution in [0.15, 0.2) is 229 Å². The number of furan rings is 1. The van der Waals surface area contributed by atoms with Gasteiger partial charge in [0.05, 0.1) is 16.8 Å². The summed E-state index contributed by atoms with van der Waals surface area (Å²) in [4.78, 5) is 2.43. The predicted molar refractivity (Wildman–Crippen MR) is 245 cm³/mol. The van der Waals surface area contributed by atoms with Gasteiger partial charge in [-0.25, -0.2) is 0 Å². The molecule has 1 heterocycles. The van der Waals surface area contributed by atoms with Crippen molar-refractivity contribution in [3.05, 3.63) is 224 Å². The Morgan fingerprint density at radius 2 is 0.879 bits per heavy atom. The van der Waals surface area contributed by atoms with Gasteiger partial charge in [0.2, 0.25) is 0 Å². The van der Waals surface area contributed by atoms with E-state index in [1.807, 2.05) is 0 Å². The van der Waals surface area contributed by atoms with Crippen LogP contribution in [-0.4, -0.2) is 0 Å². The molecule has 58 heavy (non-hydrogen) atoms. The van der Waals surface area contributed by atoms with Crippen LogP contribution in [0.3, 0.4) is 0 Å². The van der Waals surface area contributed by atoms with Gasteiger partial charge in [-0.1, -0.05) is 188 Å². The van der Waals surface area contributed by atoms with E-state index in [1.54, 1.807) is 0 Å². The molecule has 10 aromatic carbocycles. The summed E-state index contributed by atoms with van der Waals surface area (Å²) in [6.45, 7) is 0. The molecule has 0 spiro atoms. The summed E-state index contributed by atoms with van der Waals surface area (Å²) >= 11 is 0. The number of nitrogens with zero attached hydrogens (tertiary/aromatic N) is 1. The van der Waals surface area contributed by atoms with Crippen molar-refractivity contribution in [2.45, 2.75) is 0 Å². The minimum atomic E-state index is 0.849. The fraction of sp³-hybridized carbons (Fsp3) is 0. The van der Waals surface area contributed by atoms with Crippen LogP contribution in [0.1, 0.15) is 0 Å². The molecule has 0 aliphatic heterocycles. The van der Waals surface area contributed by atoms with E-state index in [2.05, 4.69) is 229 Å². The van der Waals surface area contributed by atoms with Crippen LogP contribution in [0.4, 0.5) is 17.1 Å². The first kappa shape index (κ1) is 33.6. The summed E-state index contributed by atoms with van der Waals surface area (Å²) in [6.07, 6.45) is 0. The maximum Gasteiger partial charge on any atom is 0.143 e. The monoisotopic (exact) mass is 739 g/mol. The Kier molecular flexibility index (Phi) is 8.19. The van der Waals surface area contributed by atoms with Crippen molar-refractivity contribution in [2.75, 3.05) is 4.90 Å². The second-order valence-corrected chi connectivity index (χ2v) is 14.8. The predicted octanol–water partition coefficient (Wildman–Crippen LogP) is 16.0. The zero-order chi connectivity index (χ0) is 38.4. The molecule has 0 fully saturated rings. The molecule has 0 N–H and O–H groups in total. The molecule has 2 heteroatoms. The van der Waals surface area contributed by atoms with Crippen molar-refractivity contribution >= 4 is 60.5 Å². The molecular weight excluding hydrogens is 703 g/mol. The lowest BCUT2D eigenvalue weighted by Crippen LogP contribution is -2.11. The molecule has 0 atom stereocenters. The zero-order valence-corrected chi connectivity index (χ0v) is 31.7. The molecule has 0 aliphatic carbocycles. The Morgan fingerprint density at radius 1 is 0.310 bits per heavy atom. The number of hydrogen-bond donors (Lipinski definition) is 0. The second-order valence-electron chi connectivity index (χ2n) is 14.8. The third kappa shape index (κ3) is 5.74. The molecular formula is C56H37NO. The van der Waals surface area contributed by atoms with Crippen LogP contribution in [0.2, 0.25) is 0 Å². The first-order chi connectivity index (χ1) is 28.8. The molecule has 0 radical (unpaired) electrons. The van der Waals surface area contributed by atoms with Crippen LogP contribution in [-0.2, 0) is 0 Å². The molecule has 0 aliphatic rings. The average Bonchev–Trinajstić information content (AvgIpc) is 3.69. The van der Waals surface area contributed by atoms with Gasteiger partial charge < -0.3 is 9.32 Å². The molecule has 1 aromatic heterocycles. The average molecular weight is 740 g/mol. The molecule has 0 unspecified atom stereocenters. The third-order valence-corrected chi connectivity index (χ3v) is 11.5. The summed E-state index contributed by atoms with van der Waals surface area (Å²) in [5.41, 5.74) is 14.4. The van der Waals surface area contributed by atoms with Crippen molar-refractivity contribution in [2.24, 2.45) is 0 Å². The standard InChI is InChI=1S/C56H37NO/c1-3-16-38(17-4-1)40-30-32-42(33-31-40)46-23-13-14-27-52(46)57(44-35-34-39-18-7-8-21-43(39)36-44)53-28-15-29-54-55(53)51-37-50(48-25-11-12-26-49(48)56(51)58-54)47-24-10-9-22-45(47)41-19-5-2-6-20-41/h1-37H. The van der Waals surface area contributed by atoms with Crippen LogP contribution < -0.4 is 4.90 Å². The molecule has 272 valence electrons. The van der Waals surface area contributed by atoms with E-state index in [-0.39, 0.29) is 0 Å². The minimum absolute atomic E-state index is 0.849. The highest BCUT2D eigenvalue weighted by Gasteiger charge is 2.24. The second kappa shape index (κ2) is 14.1. The highest BCUT2D eigenvalue weighted by molar-refractivity contribution is 6.23. The molecule has 0 saturated carbocycles. The number of benzene rings is 10. The lowest BCUT2D eigenvalue weighted by Gasteiger charge is -2.29. The Hall–Kier alpha value is -7.68. The first-order valence-corrected chi connectivity index (χ1v) is 19.8. The normalized spacial score (nSPS) is 11.4. The number of rotatable bonds is 7. The van der Waals surface area contributed by atoms with E-state index in [0.29, 0.717) is 0 Å². The van der Waals surface area contributed by atoms with Crippen molar-refractivity contribution in [3.8, 4) is 44.5 Å². The van der Waals surface area contributed by atoms with Crippen LogP contribution >= 0.6 is 0 Å². The van der Waals surface area contributed by atoms with E-state index < -0.39 is 0 Å². The molecule has 11 rings (SSSR count). The van der Waals surface area contributed by atoms with Crippen molar-refractivity contribution in [3.63, 3.8) is 0 Å². The molecule has 11 aromatic rings.